The van der Waals surface area contributed by atoms with Crippen molar-refractivity contribution in [3.05, 3.63) is 120 Å². The summed E-state index contributed by atoms with van der Waals surface area (Å²) in [5.74, 6) is -0.823. The number of rotatable bonds is 15. The third-order valence-corrected chi connectivity index (χ3v) is 9.87. The van der Waals surface area contributed by atoms with Gasteiger partial charge < -0.3 is 19.7 Å². The fraction of sp³-hybridized carbons (Fsp3) is 0.297. The van der Waals surface area contributed by atoms with Gasteiger partial charge in [-0.2, -0.15) is 0 Å². The number of carbonyl (C=O) groups is 2. The first-order valence-electron chi connectivity index (χ1n) is 15.7. The van der Waals surface area contributed by atoms with Gasteiger partial charge in [-0.3, -0.25) is 13.9 Å². The normalized spacial score (nSPS) is 12.5. The Labute approximate surface area is 282 Å². The van der Waals surface area contributed by atoms with E-state index in [1.165, 1.54) is 67.7 Å². The van der Waals surface area contributed by atoms with Gasteiger partial charge in [0.15, 0.2) is 11.5 Å². The smallest absolute Gasteiger partial charge is 0.264 e. The third kappa shape index (κ3) is 8.92. The average molecular weight is 676 g/mol. The highest BCUT2D eigenvalue weighted by Gasteiger charge is 2.35. The Bertz CT molecular complexity index is 1780. The molecule has 0 fully saturated rings. The van der Waals surface area contributed by atoms with E-state index in [1.807, 2.05) is 51.1 Å². The van der Waals surface area contributed by atoms with E-state index in [0.29, 0.717) is 17.7 Å². The van der Waals surface area contributed by atoms with Crippen LogP contribution in [0.2, 0.25) is 0 Å². The predicted molar refractivity (Wildman–Crippen MR) is 184 cm³/mol. The SMILES string of the molecule is CC[C@@H](C)NC(=O)[C@@H](Cc1ccccc1)N(Cc1ccc(F)cc1)C(=O)CN(c1ccc(OC)c(OC)c1)S(=O)(=O)c1ccc(C)cc1. The minimum Gasteiger partial charge on any atom is -0.493 e. The van der Waals surface area contributed by atoms with Gasteiger partial charge in [0.05, 0.1) is 24.8 Å². The molecule has 4 aromatic rings. The van der Waals surface area contributed by atoms with E-state index in [-0.39, 0.29) is 41.2 Å². The molecule has 4 rings (SSSR count). The van der Waals surface area contributed by atoms with Gasteiger partial charge in [0.2, 0.25) is 11.8 Å². The number of sulfonamides is 1. The van der Waals surface area contributed by atoms with E-state index < -0.39 is 34.3 Å². The minimum atomic E-state index is -4.31. The number of amides is 2. The van der Waals surface area contributed by atoms with E-state index in [9.17, 15) is 22.4 Å². The number of aryl methyl sites for hydroxylation is 1. The van der Waals surface area contributed by atoms with Crippen LogP contribution in [0.5, 0.6) is 11.5 Å². The van der Waals surface area contributed by atoms with Crippen LogP contribution in [0, 0.1) is 12.7 Å². The first kappa shape index (κ1) is 35.9. The van der Waals surface area contributed by atoms with Gasteiger partial charge in [0.1, 0.15) is 18.4 Å². The van der Waals surface area contributed by atoms with Crippen molar-refractivity contribution in [2.75, 3.05) is 25.1 Å². The second kappa shape index (κ2) is 16.3. The van der Waals surface area contributed by atoms with Gasteiger partial charge in [-0.15, -0.1) is 0 Å². The molecule has 0 unspecified atom stereocenters. The predicted octanol–water partition coefficient (Wildman–Crippen LogP) is 5.90. The van der Waals surface area contributed by atoms with E-state index in [2.05, 4.69) is 5.32 Å². The molecular weight excluding hydrogens is 633 g/mol. The number of anilines is 1. The van der Waals surface area contributed by atoms with Gasteiger partial charge in [0.25, 0.3) is 10.0 Å². The van der Waals surface area contributed by atoms with Gasteiger partial charge in [-0.25, -0.2) is 12.8 Å². The number of hydrogen-bond acceptors (Lipinski definition) is 6. The molecule has 2 atom stereocenters. The van der Waals surface area contributed by atoms with Crippen LogP contribution >= 0.6 is 0 Å². The average Bonchev–Trinajstić information content (AvgIpc) is 3.09. The number of hydrogen-bond donors (Lipinski definition) is 1. The molecule has 1 N–H and O–H groups in total. The van der Waals surface area contributed by atoms with Crippen molar-refractivity contribution in [1.82, 2.24) is 10.2 Å². The van der Waals surface area contributed by atoms with Gasteiger partial charge in [-0.05, 0) is 67.8 Å². The standard InChI is InChI=1S/C37H42FN3O6S/c1-6-27(3)39-37(43)33(22-28-10-8-7-9-11-28)40(24-29-14-16-30(38)17-15-29)36(42)25-41(31-18-21-34(46-4)35(23-31)47-5)48(44,45)32-19-12-26(2)13-20-32/h7-21,23,27,33H,6,22,24-25H2,1-5H3,(H,39,43)/t27-,33-/m1/s1. The summed E-state index contributed by atoms with van der Waals surface area (Å²) in [7, 11) is -1.42. The zero-order valence-electron chi connectivity index (χ0n) is 27.9. The van der Waals surface area contributed by atoms with Crippen LogP contribution < -0.4 is 19.1 Å². The summed E-state index contributed by atoms with van der Waals surface area (Å²) in [5.41, 5.74) is 2.40. The molecule has 0 aromatic heterocycles. The Balaban J connectivity index is 1.84. The number of ether oxygens (including phenoxy) is 2. The van der Waals surface area contributed by atoms with Crippen LogP contribution in [0.3, 0.4) is 0 Å². The maximum atomic E-state index is 14.6. The lowest BCUT2D eigenvalue weighted by Crippen LogP contribution is -2.54. The number of methoxy groups -OCH3 is 2. The molecule has 0 aliphatic rings. The molecule has 0 saturated carbocycles. The Morgan fingerprint density at radius 2 is 1.50 bits per heavy atom. The number of nitrogens with zero attached hydrogens (tertiary/aromatic N) is 2. The van der Waals surface area contributed by atoms with Gasteiger partial charge in [-0.1, -0.05) is 67.1 Å². The second-order valence-electron chi connectivity index (χ2n) is 11.5. The van der Waals surface area contributed by atoms with E-state index >= 15 is 0 Å². The third-order valence-electron chi connectivity index (χ3n) is 8.08. The molecule has 9 nitrogen and oxygen atoms in total. The summed E-state index contributed by atoms with van der Waals surface area (Å²) >= 11 is 0. The van der Waals surface area contributed by atoms with Crippen LogP contribution in [-0.2, 0) is 32.6 Å². The van der Waals surface area contributed by atoms with Gasteiger partial charge in [0, 0.05) is 25.1 Å². The topological polar surface area (TPSA) is 105 Å². The van der Waals surface area contributed by atoms with E-state index in [4.69, 9.17) is 9.47 Å². The van der Waals surface area contributed by atoms with Crippen molar-refractivity contribution in [3.63, 3.8) is 0 Å². The number of benzene rings is 4. The van der Waals surface area contributed by atoms with E-state index in [1.54, 1.807) is 18.2 Å². The second-order valence-corrected chi connectivity index (χ2v) is 13.4. The van der Waals surface area contributed by atoms with Crippen molar-refractivity contribution in [3.8, 4) is 11.5 Å². The Morgan fingerprint density at radius 1 is 0.854 bits per heavy atom. The molecule has 0 radical (unpaired) electrons. The number of halogens is 1. The molecule has 0 saturated heterocycles. The monoisotopic (exact) mass is 675 g/mol. The van der Waals surface area contributed by atoms with Crippen LogP contribution in [0.25, 0.3) is 0 Å². The Morgan fingerprint density at radius 3 is 2.10 bits per heavy atom. The molecular formula is C37H42FN3O6S. The van der Waals surface area contributed by atoms with Gasteiger partial charge >= 0.3 is 0 Å². The summed E-state index contributed by atoms with van der Waals surface area (Å²) in [6.07, 6.45) is 0.828. The fourth-order valence-corrected chi connectivity index (χ4v) is 6.53. The Kier molecular flexibility index (Phi) is 12.2. The summed E-state index contributed by atoms with van der Waals surface area (Å²) in [5, 5.41) is 3.00. The zero-order chi connectivity index (χ0) is 34.8. The van der Waals surface area contributed by atoms with Crippen LogP contribution in [0.15, 0.2) is 102 Å². The minimum absolute atomic E-state index is 0.0175. The first-order chi connectivity index (χ1) is 23.0. The first-order valence-corrected chi connectivity index (χ1v) is 17.1. The molecule has 0 aliphatic heterocycles. The molecule has 254 valence electrons. The molecule has 0 heterocycles. The van der Waals surface area contributed by atoms with E-state index in [0.717, 1.165) is 15.4 Å². The molecule has 48 heavy (non-hydrogen) atoms. The molecule has 4 aromatic carbocycles. The fourth-order valence-electron chi connectivity index (χ4n) is 5.13. The lowest BCUT2D eigenvalue weighted by molar-refractivity contribution is -0.140. The van der Waals surface area contributed by atoms with Crippen molar-refractivity contribution >= 4 is 27.5 Å². The summed E-state index contributed by atoms with van der Waals surface area (Å²) in [4.78, 5) is 29.9. The van der Waals surface area contributed by atoms with Crippen molar-refractivity contribution in [2.24, 2.45) is 0 Å². The highest BCUT2D eigenvalue weighted by atomic mass is 32.2. The number of nitrogens with one attached hydrogen (secondary N) is 1. The maximum absolute atomic E-state index is 14.6. The lowest BCUT2D eigenvalue weighted by atomic mass is 10.0. The lowest BCUT2D eigenvalue weighted by Gasteiger charge is -2.34. The van der Waals surface area contributed by atoms with Crippen molar-refractivity contribution in [2.45, 2.75) is 57.1 Å². The highest BCUT2D eigenvalue weighted by Crippen LogP contribution is 2.34. The van der Waals surface area contributed by atoms with Crippen molar-refractivity contribution in [1.29, 1.82) is 0 Å². The zero-order valence-corrected chi connectivity index (χ0v) is 28.7. The number of carbonyl (C=O) groups excluding carboxylic acids is 2. The highest BCUT2D eigenvalue weighted by molar-refractivity contribution is 7.92. The maximum Gasteiger partial charge on any atom is 0.264 e. The summed E-state index contributed by atoms with van der Waals surface area (Å²) < 4.78 is 54.3. The molecule has 0 aliphatic carbocycles. The van der Waals surface area contributed by atoms with Crippen molar-refractivity contribution < 1.29 is 31.9 Å². The van der Waals surface area contributed by atoms with Crippen LogP contribution in [0.4, 0.5) is 10.1 Å². The molecule has 2 amide bonds. The summed E-state index contributed by atoms with van der Waals surface area (Å²) in [6.45, 7) is 4.94. The van der Waals surface area contributed by atoms with Crippen LogP contribution in [-0.4, -0.2) is 58.0 Å². The molecule has 0 bridgehead atoms. The summed E-state index contributed by atoms with van der Waals surface area (Å²) in [6, 6.07) is 24.6. The molecule has 11 heteroatoms. The molecule has 0 spiro atoms. The van der Waals surface area contributed by atoms with Crippen LogP contribution in [0.1, 0.15) is 37.0 Å². The quantitative estimate of drug-likeness (QED) is 0.168. The Hall–Kier alpha value is -4.90. The largest absolute Gasteiger partial charge is 0.493 e.